The van der Waals surface area contributed by atoms with Crippen molar-refractivity contribution in [1.82, 2.24) is 19.8 Å². The Balaban J connectivity index is 1.22. The molecule has 2 aromatic carbocycles. The summed E-state index contributed by atoms with van der Waals surface area (Å²) in [5.41, 5.74) is 3.41. The van der Waals surface area contributed by atoms with Crippen LogP contribution in [0.3, 0.4) is 0 Å². The molecule has 7 rings (SSSR count). The van der Waals surface area contributed by atoms with Gasteiger partial charge in [-0.2, -0.15) is 9.97 Å². The van der Waals surface area contributed by atoms with Crippen molar-refractivity contribution in [2.75, 3.05) is 56.2 Å². The monoisotopic (exact) mass is 586 g/mol. The molecule has 0 radical (unpaired) electrons. The first-order chi connectivity index (χ1) is 20.5. The standard InChI is InChI=1S/C33H39ClN6O2/c1-3-29(41)39-18-12-24(20-39)37(2)31-25-13-19-38(28-11-5-9-23-8-4-10-26(34)30(23)28)21-27(25)35-32(36-31)42-22-33-14-6-16-40(33)17-7-15-33/h3-5,8-11,24H,1,6-7,12-22H2,2H3/t24-/m1/s1. The first kappa shape index (κ1) is 27.5. The number of rotatable bonds is 7. The quantitative estimate of drug-likeness (QED) is 0.358. The lowest BCUT2D eigenvalue weighted by atomic mass is 9.95. The second kappa shape index (κ2) is 11.0. The highest BCUT2D eigenvalue weighted by atomic mass is 35.5. The molecule has 5 heterocycles. The van der Waals surface area contributed by atoms with Gasteiger partial charge in [0.05, 0.1) is 22.8 Å². The van der Waals surface area contributed by atoms with E-state index >= 15 is 0 Å². The topological polar surface area (TPSA) is 65.0 Å². The van der Waals surface area contributed by atoms with Gasteiger partial charge in [0.1, 0.15) is 12.4 Å². The number of ether oxygens (including phenoxy) is 1. The second-order valence-electron chi connectivity index (χ2n) is 12.3. The third-order valence-electron chi connectivity index (χ3n) is 10.0. The van der Waals surface area contributed by atoms with E-state index in [0.29, 0.717) is 25.7 Å². The number of nitrogens with zero attached hydrogens (tertiary/aromatic N) is 6. The Morgan fingerprint density at radius 3 is 2.71 bits per heavy atom. The zero-order chi connectivity index (χ0) is 28.8. The third-order valence-corrected chi connectivity index (χ3v) is 10.3. The number of anilines is 2. The number of likely N-dealkylation sites (tertiary alicyclic amines) is 1. The number of carbonyl (C=O) groups is 1. The first-order valence-electron chi connectivity index (χ1n) is 15.3. The van der Waals surface area contributed by atoms with E-state index in [1.54, 1.807) is 0 Å². The fourth-order valence-corrected chi connectivity index (χ4v) is 7.99. The highest BCUT2D eigenvalue weighted by Gasteiger charge is 2.45. The Labute approximate surface area is 252 Å². The summed E-state index contributed by atoms with van der Waals surface area (Å²) in [7, 11) is 2.10. The van der Waals surface area contributed by atoms with Crippen LogP contribution in [-0.4, -0.2) is 83.6 Å². The molecular formula is C33H39ClN6O2. The van der Waals surface area contributed by atoms with Crippen LogP contribution in [-0.2, 0) is 17.8 Å². The molecule has 0 saturated carbocycles. The van der Waals surface area contributed by atoms with Gasteiger partial charge in [-0.1, -0.05) is 42.4 Å². The number of fused-ring (bicyclic) bond motifs is 3. The van der Waals surface area contributed by atoms with Crippen LogP contribution in [0, 0.1) is 0 Å². The molecule has 4 aliphatic heterocycles. The molecule has 4 aliphatic rings. The van der Waals surface area contributed by atoms with Crippen molar-refractivity contribution in [1.29, 1.82) is 0 Å². The zero-order valence-electron chi connectivity index (χ0n) is 24.4. The Kier molecular flexibility index (Phi) is 7.22. The summed E-state index contributed by atoms with van der Waals surface area (Å²) in [4.78, 5) is 31.6. The van der Waals surface area contributed by atoms with Crippen molar-refractivity contribution in [3.05, 3.63) is 65.3 Å². The molecule has 9 heteroatoms. The summed E-state index contributed by atoms with van der Waals surface area (Å²) in [6.45, 7) is 9.50. The molecule has 42 heavy (non-hydrogen) atoms. The van der Waals surface area contributed by atoms with Gasteiger partial charge >= 0.3 is 6.01 Å². The van der Waals surface area contributed by atoms with Crippen molar-refractivity contribution in [2.24, 2.45) is 0 Å². The van der Waals surface area contributed by atoms with E-state index in [2.05, 4.69) is 52.6 Å². The molecule has 0 aliphatic carbocycles. The number of halogens is 1. The number of hydrogen-bond donors (Lipinski definition) is 0. The van der Waals surface area contributed by atoms with Crippen molar-refractivity contribution < 1.29 is 9.53 Å². The van der Waals surface area contributed by atoms with Gasteiger partial charge in [0.2, 0.25) is 5.91 Å². The molecule has 220 valence electrons. The van der Waals surface area contributed by atoms with E-state index in [0.717, 1.165) is 72.0 Å². The van der Waals surface area contributed by atoms with Crippen LogP contribution >= 0.6 is 11.6 Å². The SMILES string of the molecule is C=CC(=O)N1CC[C@@H](N(C)c2nc(OCC34CCCN3CCC4)nc3c2CCN(c2cccc4cccc(Cl)c24)C3)C1. The van der Waals surface area contributed by atoms with Crippen LogP contribution in [0.4, 0.5) is 11.5 Å². The number of carbonyl (C=O) groups excluding carboxylic acids is 1. The number of likely N-dealkylation sites (N-methyl/N-ethyl adjacent to an activating group) is 1. The van der Waals surface area contributed by atoms with Gasteiger partial charge in [-0.25, -0.2) is 0 Å². The third kappa shape index (κ3) is 4.78. The molecular weight excluding hydrogens is 548 g/mol. The predicted octanol–water partition coefficient (Wildman–Crippen LogP) is 5.08. The summed E-state index contributed by atoms with van der Waals surface area (Å²) in [6.07, 6.45) is 7.92. The van der Waals surface area contributed by atoms with Crippen molar-refractivity contribution in [2.45, 2.75) is 56.7 Å². The van der Waals surface area contributed by atoms with Crippen LogP contribution in [0.1, 0.15) is 43.4 Å². The number of benzene rings is 2. The molecule has 1 atom stereocenters. The molecule has 8 nitrogen and oxygen atoms in total. The summed E-state index contributed by atoms with van der Waals surface area (Å²) < 4.78 is 6.51. The molecule has 0 spiro atoms. The highest BCUT2D eigenvalue weighted by molar-refractivity contribution is 6.36. The molecule has 0 N–H and O–H groups in total. The van der Waals surface area contributed by atoms with Gasteiger partial charge in [-0.3, -0.25) is 9.69 Å². The smallest absolute Gasteiger partial charge is 0.318 e. The molecule has 0 bridgehead atoms. The maximum absolute atomic E-state index is 12.3. The lowest BCUT2D eigenvalue weighted by Gasteiger charge is -2.35. The van der Waals surface area contributed by atoms with Crippen molar-refractivity contribution >= 4 is 39.8 Å². The van der Waals surface area contributed by atoms with Crippen LogP contribution in [0.2, 0.25) is 5.02 Å². The average Bonchev–Trinajstić information content (AvgIpc) is 3.75. The minimum Gasteiger partial charge on any atom is -0.461 e. The van der Waals surface area contributed by atoms with Gasteiger partial charge in [0.25, 0.3) is 0 Å². The summed E-state index contributed by atoms with van der Waals surface area (Å²) >= 11 is 6.72. The second-order valence-corrected chi connectivity index (χ2v) is 12.7. The van der Waals surface area contributed by atoms with E-state index in [9.17, 15) is 4.79 Å². The number of amides is 1. The van der Waals surface area contributed by atoms with Gasteiger partial charge in [-0.05, 0) is 75.2 Å². The lowest BCUT2D eigenvalue weighted by molar-refractivity contribution is -0.125. The maximum atomic E-state index is 12.3. The molecule has 0 unspecified atom stereocenters. The van der Waals surface area contributed by atoms with E-state index in [1.165, 1.54) is 37.3 Å². The minimum atomic E-state index is -0.0130. The molecule has 3 saturated heterocycles. The largest absolute Gasteiger partial charge is 0.461 e. The minimum absolute atomic E-state index is 0.0130. The maximum Gasteiger partial charge on any atom is 0.318 e. The molecule has 3 aromatic rings. The van der Waals surface area contributed by atoms with Crippen LogP contribution in [0.15, 0.2) is 49.1 Å². The summed E-state index contributed by atoms with van der Waals surface area (Å²) in [6, 6.07) is 13.1. The number of aromatic nitrogens is 2. The summed E-state index contributed by atoms with van der Waals surface area (Å²) in [5.74, 6) is 0.914. The predicted molar refractivity (Wildman–Crippen MR) is 168 cm³/mol. The van der Waals surface area contributed by atoms with E-state index in [1.807, 2.05) is 17.0 Å². The average molecular weight is 587 g/mol. The van der Waals surface area contributed by atoms with Gasteiger partial charge in [-0.15, -0.1) is 0 Å². The Hall–Kier alpha value is -3.36. The van der Waals surface area contributed by atoms with E-state index in [-0.39, 0.29) is 17.5 Å². The first-order valence-corrected chi connectivity index (χ1v) is 15.7. The van der Waals surface area contributed by atoms with Crippen LogP contribution < -0.4 is 14.5 Å². The Morgan fingerprint density at radius 2 is 1.93 bits per heavy atom. The van der Waals surface area contributed by atoms with Gasteiger partial charge < -0.3 is 19.4 Å². The highest BCUT2D eigenvalue weighted by Crippen LogP contribution is 2.40. The van der Waals surface area contributed by atoms with E-state index in [4.69, 9.17) is 26.3 Å². The van der Waals surface area contributed by atoms with Crippen LogP contribution in [0.25, 0.3) is 10.8 Å². The van der Waals surface area contributed by atoms with Crippen LogP contribution in [0.5, 0.6) is 6.01 Å². The van der Waals surface area contributed by atoms with Crippen molar-refractivity contribution in [3.8, 4) is 6.01 Å². The zero-order valence-corrected chi connectivity index (χ0v) is 25.2. The van der Waals surface area contributed by atoms with Gasteiger partial charge in [0.15, 0.2) is 0 Å². The molecule has 1 aromatic heterocycles. The number of hydrogen-bond acceptors (Lipinski definition) is 7. The fraction of sp³-hybridized carbons (Fsp3) is 0.485. The molecule has 1 amide bonds. The van der Waals surface area contributed by atoms with Gasteiger partial charge in [0, 0.05) is 49.4 Å². The van der Waals surface area contributed by atoms with E-state index < -0.39 is 0 Å². The fourth-order valence-electron chi connectivity index (χ4n) is 7.71. The normalized spacial score (nSPS) is 21.4. The Bertz CT molecular complexity index is 1510. The summed E-state index contributed by atoms with van der Waals surface area (Å²) in [5, 5.41) is 2.97. The Morgan fingerprint density at radius 1 is 1.14 bits per heavy atom. The lowest BCUT2D eigenvalue weighted by Crippen LogP contribution is -2.44. The molecule has 3 fully saturated rings. The van der Waals surface area contributed by atoms with Crippen molar-refractivity contribution in [3.63, 3.8) is 0 Å².